The Balaban J connectivity index is 1.91. The minimum Gasteiger partial charge on any atom is -0.322 e. The lowest BCUT2D eigenvalue weighted by Crippen LogP contribution is -2.13. The van der Waals surface area contributed by atoms with E-state index in [9.17, 15) is 4.79 Å². The Morgan fingerprint density at radius 1 is 1.04 bits per heavy atom. The van der Waals surface area contributed by atoms with Crippen LogP contribution in [0.4, 0.5) is 0 Å². The lowest BCUT2D eigenvalue weighted by Gasteiger charge is -2.18. The van der Waals surface area contributed by atoms with Gasteiger partial charge in [-0.25, -0.2) is 9.67 Å². The van der Waals surface area contributed by atoms with Gasteiger partial charge < -0.3 is 4.98 Å². The molecule has 4 aromatic rings. The molecule has 2 aromatic carbocycles. The van der Waals surface area contributed by atoms with Crippen molar-refractivity contribution in [2.75, 3.05) is 0 Å². The standard InChI is InChI=1S/C19H16N4O/c1-13-9-16-10-15(7-8-17(16)22-19(13)24)18(23-12-20-11-21-23)14-5-3-2-4-6-14/h2-12,18H,1H3,(H,22,24). The van der Waals surface area contributed by atoms with Crippen LogP contribution in [0.15, 0.2) is 72.0 Å². The zero-order valence-corrected chi connectivity index (χ0v) is 13.2. The Kier molecular flexibility index (Phi) is 3.46. The molecule has 0 aliphatic heterocycles. The molecule has 118 valence electrons. The van der Waals surface area contributed by atoms with E-state index in [-0.39, 0.29) is 11.6 Å². The number of aryl methyl sites for hydroxylation is 1. The highest BCUT2D eigenvalue weighted by Gasteiger charge is 2.17. The van der Waals surface area contributed by atoms with E-state index in [1.807, 2.05) is 48.0 Å². The number of benzene rings is 2. The second-order valence-corrected chi connectivity index (χ2v) is 5.82. The highest BCUT2D eigenvalue weighted by atomic mass is 16.1. The summed E-state index contributed by atoms with van der Waals surface area (Å²) in [4.78, 5) is 18.8. The van der Waals surface area contributed by atoms with Crippen molar-refractivity contribution in [3.63, 3.8) is 0 Å². The van der Waals surface area contributed by atoms with Gasteiger partial charge in [-0.2, -0.15) is 5.10 Å². The molecular weight excluding hydrogens is 300 g/mol. The molecule has 1 atom stereocenters. The van der Waals surface area contributed by atoms with Crippen LogP contribution in [0.2, 0.25) is 0 Å². The van der Waals surface area contributed by atoms with Crippen LogP contribution in [0.1, 0.15) is 22.7 Å². The van der Waals surface area contributed by atoms with E-state index in [2.05, 4.69) is 33.3 Å². The van der Waals surface area contributed by atoms with Crippen LogP contribution >= 0.6 is 0 Å². The van der Waals surface area contributed by atoms with Crippen molar-refractivity contribution in [2.45, 2.75) is 13.0 Å². The van der Waals surface area contributed by atoms with Crippen molar-refractivity contribution in [1.82, 2.24) is 19.7 Å². The molecule has 0 amide bonds. The smallest absolute Gasteiger partial charge is 0.251 e. The summed E-state index contributed by atoms with van der Waals surface area (Å²) < 4.78 is 1.84. The second-order valence-electron chi connectivity index (χ2n) is 5.82. The number of aromatic nitrogens is 4. The van der Waals surface area contributed by atoms with Crippen LogP contribution in [-0.2, 0) is 0 Å². The fourth-order valence-corrected chi connectivity index (χ4v) is 2.99. The number of hydrogen-bond acceptors (Lipinski definition) is 3. The molecule has 0 fully saturated rings. The fourth-order valence-electron chi connectivity index (χ4n) is 2.99. The first-order chi connectivity index (χ1) is 11.7. The van der Waals surface area contributed by atoms with E-state index in [0.717, 1.165) is 22.0 Å². The Hall–Kier alpha value is -3.21. The first kappa shape index (κ1) is 14.4. The molecule has 5 nitrogen and oxygen atoms in total. The number of nitrogens with zero attached hydrogens (tertiary/aromatic N) is 3. The van der Waals surface area contributed by atoms with Crippen LogP contribution in [0.25, 0.3) is 10.9 Å². The number of H-pyrrole nitrogens is 1. The molecular formula is C19H16N4O. The second kappa shape index (κ2) is 5.77. The molecule has 0 bridgehead atoms. The summed E-state index contributed by atoms with van der Waals surface area (Å²) in [6.07, 6.45) is 3.26. The highest BCUT2D eigenvalue weighted by molar-refractivity contribution is 5.80. The lowest BCUT2D eigenvalue weighted by atomic mass is 9.97. The largest absolute Gasteiger partial charge is 0.322 e. The van der Waals surface area contributed by atoms with Gasteiger partial charge in [-0.15, -0.1) is 0 Å². The number of fused-ring (bicyclic) bond motifs is 1. The van der Waals surface area contributed by atoms with Gasteiger partial charge in [0.25, 0.3) is 5.56 Å². The minimum absolute atomic E-state index is 0.0499. The third kappa shape index (κ3) is 2.50. The quantitative estimate of drug-likeness (QED) is 0.632. The van der Waals surface area contributed by atoms with E-state index < -0.39 is 0 Å². The Labute approximate surface area is 138 Å². The zero-order valence-electron chi connectivity index (χ0n) is 13.2. The van der Waals surface area contributed by atoms with E-state index in [1.165, 1.54) is 0 Å². The third-order valence-corrected chi connectivity index (χ3v) is 4.19. The van der Waals surface area contributed by atoms with E-state index >= 15 is 0 Å². The number of nitrogens with one attached hydrogen (secondary N) is 1. The van der Waals surface area contributed by atoms with Gasteiger partial charge in [0, 0.05) is 11.1 Å². The Morgan fingerprint density at radius 2 is 1.88 bits per heavy atom. The van der Waals surface area contributed by atoms with Crippen molar-refractivity contribution in [3.8, 4) is 0 Å². The summed E-state index contributed by atoms with van der Waals surface area (Å²) in [7, 11) is 0. The van der Waals surface area contributed by atoms with Gasteiger partial charge in [-0.05, 0) is 41.6 Å². The maximum Gasteiger partial charge on any atom is 0.251 e. The molecule has 2 aromatic heterocycles. The maximum absolute atomic E-state index is 11.8. The molecule has 0 saturated heterocycles. The summed E-state index contributed by atoms with van der Waals surface area (Å²) in [6, 6.07) is 18.1. The normalized spacial score (nSPS) is 12.4. The molecule has 1 N–H and O–H groups in total. The van der Waals surface area contributed by atoms with Crippen molar-refractivity contribution in [1.29, 1.82) is 0 Å². The molecule has 0 aliphatic carbocycles. The van der Waals surface area contributed by atoms with Crippen molar-refractivity contribution in [3.05, 3.63) is 94.3 Å². The average Bonchev–Trinajstić information content (AvgIpc) is 3.11. The predicted molar refractivity (Wildman–Crippen MR) is 93.0 cm³/mol. The maximum atomic E-state index is 11.8. The fraction of sp³-hybridized carbons (Fsp3) is 0.105. The van der Waals surface area contributed by atoms with Gasteiger partial charge >= 0.3 is 0 Å². The van der Waals surface area contributed by atoms with Crippen LogP contribution in [0, 0.1) is 6.92 Å². The Morgan fingerprint density at radius 3 is 2.62 bits per heavy atom. The van der Waals surface area contributed by atoms with Crippen molar-refractivity contribution < 1.29 is 0 Å². The van der Waals surface area contributed by atoms with E-state index in [1.54, 1.807) is 12.7 Å². The zero-order chi connectivity index (χ0) is 16.5. The first-order valence-electron chi connectivity index (χ1n) is 7.75. The van der Waals surface area contributed by atoms with Crippen molar-refractivity contribution in [2.24, 2.45) is 0 Å². The summed E-state index contributed by atoms with van der Waals surface area (Å²) in [6.45, 7) is 1.82. The average molecular weight is 316 g/mol. The molecule has 0 radical (unpaired) electrons. The van der Waals surface area contributed by atoms with Gasteiger partial charge in [0.1, 0.15) is 18.7 Å². The van der Waals surface area contributed by atoms with Gasteiger partial charge in [-0.1, -0.05) is 36.4 Å². The molecule has 0 saturated carbocycles. The van der Waals surface area contributed by atoms with Gasteiger partial charge in [-0.3, -0.25) is 4.79 Å². The van der Waals surface area contributed by atoms with Gasteiger partial charge in [0.2, 0.25) is 0 Å². The van der Waals surface area contributed by atoms with Crippen LogP contribution < -0.4 is 5.56 Å². The number of rotatable bonds is 3. The molecule has 2 heterocycles. The number of hydrogen-bond donors (Lipinski definition) is 1. The summed E-state index contributed by atoms with van der Waals surface area (Å²) in [5.74, 6) is 0. The first-order valence-corrected chi connectivity index (χ1v) is 7.75. The summed E-state index contributed by atoms with van der Waals surface area (Å²) in [5.41, 5.74) is 3.71. The molecule has 0 aliphatic rings. The monoisotopic (exact) mass is 316 g/mol. The minimum atomic E-state index is -0.0645. The highest BCUT2D eigenvalue weighted by Crippen LogP contribution is 2.27. The number of aromatic amines is 1. The Bertz CT molecular complexity index is 1040. The summed E-state index contributed by atoms with van der Waals surface area (Å²) in [5, 5.41) is 5.33. The van der Waals surface area contributed by atoms with Gasteiger partial charge in [0.15, 0.2) is 0 Å². The van der Waals surface area contributed by atoms with E-state index in [4.69, 9.17) is 0 Å². The summed E-state index contributed by atoms with van der Waals surface area (Å²) >= 11 is 0. The van der Waals surface area contributed by atoms with Crippen LogP contribution in [-0.4, -0.2) is 19.7 Å². The number of pyridine rings is 1. The van der Waals surface area contributed by atoms with Crippen molar-refractivity contribution >= 4 is 10.9 Å². The molecule has 4 rings (SSSR count). The van der Waals surface area contributed by atoms with Crippen LogP contribution in [0.3, 0.4) is 0 Å². The molecule has 5 heteroatoms. The van der Waals surface area contributed by atoms with E-state index in [0.29, 0.717) is 5.56 Å². The molecule has 0 spiro atoms. The predicted octanol–water partition coefficient (Wildman–Crippen LogP) is 3.07. The van der Waals surface area contributed by atoms with Crippen LogP contribution in [0.5, 0.6) is 0 Å². The van der Waals surface area contributed by atoms with Gasteiger partial charge in [0.05, 0.1) is 0 Å². The third-order valence-electron chi connectivity index (χ3n) is 4.19. The topological polar surface area (TPSA) is 63.6 Å². The SMILES string of the molecule is Cc1cc2cc(C(c3ccccc3)n3cncn3)ccc2[nH]c1=O. The lowest BCUT2D eigenvalue weighted by molar-refractivity contribution is 0.594. The molecule has 1 unspecified atom stereocenters. The molecule has 24 heavy (non-hydrogen) atoms.